The van der Waals surface area contributed by atoms with Crippen molar-refractivity contribution in [3.8, 4) is 0 Å². The van der Waals surface area contributed by atoms with Crippen molar-refractivity contribution in [1.82, 2.24) is 10.4 Å². The molecule has 1 aliphatic rings. The van der Waals surface area contributed by atoms with Gasteiger partial charge in [-0.05, 0) is 40.0 Å². The second-order valence-electron chi connectivity index (χ2n) is 7.44. The molecule has 0 spiro atoms. The average molecular weight is 327 g/mol. The number of hydrogen-bond acceptors (Lipinski definition) is 5. The molecule has 3 N–H and O–H groups in total. The van der Waals surface area contributed by atoms with Gasteiger partial charge in [0.1, 0.15) is 0 Å². The molecule has 0 aliphatic carbocycles. The number of piperidine rings is 1. The smallest absolute Gasteiger partial charge is 0.329 e. The molecule has 1 heterocycles. The Morgan fingerprint density at radius 3 is 2.61 bits per heavy atom. The first-order valence-corrected chi connectivity index (χ1v) is 8.78. The van der Waals surface area contributed by atoms with Crippen LogP contribution in [-0.2, 0) is 14.4 Å². The van der Waals surface area contributed by atoms with Crippen molar-refractivity contribution in [2.75, 3.05) is 19.6 Å². The van der Waals surface area contributed by atoms with Gasteiger partial charge < -0.3 is 15.5 Å². The SMILES string of the molecule is CC(C)(C)C(=O)ONCCCCCCCN1CC(N)CCC1=O. The van der Waals surface area contributed by atoms with Crippen LogP contribution in [0, 0.1) is 5.41 Å². The highest BCUT2D eigenvalue weighted by molar-refractivity contribution is 5.77. The van der Waals surface area contributed by atoms with Gasteiger partial charge in [-0.2, -0.15) is 5.48 Å². The van der Waals surface area contributed by atoms with Crippen LogP contribution >= 0.6 is 0 Å². The zero-order valence-corrected chi connectivity index (χ0v) is 14.9. The maximum Gasteiger partial charge on any atom is 0.329 e. The molecule has 0 saturated carbocycles. The highest BCUT2D eigenvalue weighted by Gasteiger charge is 2.23. The maximum atomic E-state index is 11.7. The van der Waals surface area contributed by atoms with E-state index in [1.807, 2.05) is 25.7 Å². The number of carbonyl (C=O) groups is 2. The first-order valence-electron chi connectivity index (χ1n) is 8.78. The molecule has 23 heavy (non-hydrogen) atoms. The van der Waals surface area contributed by atoms with E-state index < -0.39 is 5.41 Å². The topological polar surface area (TPSA) is 84.7 Å². The first kappa shape index (κ1) is 19.9. The molecule has 1 aliphatic heterocycles. The number of hydroxylamine groups is 1. The largest absolute Gasteiger partial charge is 0.370 e. The van der Waals surface area contributed by atoms with Gasteiger partial charge >= 0.3 is 5.97 Å². The minimum absolute atomic E-state index is 0.148. The van der Waals surface area contributed by atoms with Gasteiger partial charge in [-0.15, -0.1) is 0 Å². The Balaban J connectivity index is 1.94. The van der Waals surface area contributed by atoms with E-state index in [-0.39, 0.29) is 17.9 Å². The molecule has 1 amide bonds. The summed E-state index contributed by atoms with van der Waals surface area (Å²) < 4.78 is 0. The number of likely N-dealkylation sites (tertiary alicyclic amines) is 1. The highest BCUT2D eigenvalue weighted by Crippen LogP contribution is 2.14. The highest BCUT2D eigenvalue weighted by atomic mass is 16.7. The van der Waals surface area contributed by atoms with Crippen LogP contribution in [0.3, 0.4) is 0 Å². The fourth-order valence-corrected chi connectivity index (χ4v) is 2.46. The molecule has 6 nitrogen and oxygen atoms in total. The Bertz CT molecular complexity index is 380. The minimum atomic E-state index is -0.471. The number of nitrogens with zero attached hydrogens (tertiary/aromatic N) is 1. The summed E-state index contributed by atoms with van der Waals surface area (Å²) in [5, 5.41) is 0. The van der Waals surface area contributed by atoms with Crippen LogP contribution < -0.4 is 11.2 Å². The molecule has 0 aromatic heterocycles. The van der Waals surface area contributed by atoms with E-state index in [1.54, 1.807) is 0 Å². The van der Waals surface area contributed by atoms with Crippen LogP contribution in [0.2, 0.25) is 0 Å². The van der Waals surface area contributed by atoms with Crippen LogP contribution in [0.25, 0.3) is 0 Å². The van der Waals surface area contributed by atoms with Gasteiger partial charge in [-0.1, -0.05) is 19.3 Å². The van der Waals surface area contributed by atoms with E-state index in [9.17, 15) is 9.59 Å². The van der Waals surface area contributed by atoms with Crippen molar-refractivity contribution in [2.45, 2.75) is 71.8 Å². The van der Waals surface area contributed by atoms with E-state index in [1.165, 1.54) is 0 Å². The predicted octanol–water partition coefficient (Wildman–Crippen LogP) is 1.98. The molecule has 0 radical (unpaired) electrons. The summed E-state index contributed by atoms with van der Waals surface area (Å²) in [5.74, 6) is 0.0125. The fourth-order valence-electron chi connectivity index (χ4n) is 2.46. The Morgan fingerprint density at radius 2 is 1.91 bits per heavy atom. The van der Waals surface area contributed by atoms with Crippen LogP contribution in [0.5, 0.6) is 0 Å². The molecule has 0 aromatic carbocycles. The number of carbonyl (C=O) groups excluding carboxylic acids is 2. The molecule has 1 unspecified atom stereocenters. The van der Waals surface area contributed by atoms with Crippen molar-refractivity contribution < 1.29 is 14.4 Å². The summed E-state index contributed by atoms with van der Waals surface area (Å²) >= 11 is 0. The lowest BCUT2D eigenvalue weighted by atomic mass is 9.98. The van der Waals surface area contributed by atoms with Crippen LogP contribution in [0.15, 0.2) is 0 Å². The minimum Gasteiger partial charge on any atom is -0.370 e. The maximum absolute atomic E-state index is 11.7. The van der Waals surface area contributed by atoms with Gasteiger partial charge in [0.25, 0.3) is 0 Å². The molecule has 1 saturated heterocycles. The fraction of sp³-hybridized carbons (Fsp3) is 0.882. The molecule has 6 heteroatoms. The summed E-state index contributed by atoms with van der Waals surface area (Å²) in [5.41, 5.74) is 8.15. The molecule has 134 valence electrons. The number of hydrogen-bond donors (Lipinski definition) is 2. The van der Waals surface area contributed by atoms with E-state index in [2.05, 4.69) is 5.48 Å². The van der Waals surface area contributed by atoms with E-state index in [0.29, 0.717) is 19.5 Å². The van der Waals surface area contributed by atoms with Gasteiger partial charge in [0, 0.05) is 32.1 Å². The average Bonchev–Trinajstić information content (AvgIpc) is 2.47. The predicted molar refractivity (Wildman–Crippen MR) is 90.4 cm³/mol. The van der Waals surface area contributed by atoms with Crippen molar-refractivity contribution in [3.63, 3.8) is 0 Å². The zero-order chi connectivity index (χ0) is 17.3. The van der Waals surface area contributed by atoms with Gasteiger partial charge in [0.2, 0.25) is 5.91 Å². The van der Waals surface area contributed by atoms with Gasteiger partial charge in [0.15, 0.2) is 0 Å². The summed E-state index contributed by atoms with van der Waals surface area (Å²) in [4.78, 5) is 30.1. The Morgan fingerprint density at radius 1 is 1.26 bits per heavy atom. The van der Waals surface area contributed by atoms with Crippen LogP contribution in [-0.4, -0.2) is 42.5 Å². The van der Waals surface area contributed by atoms with Crippen LogP contribution in [0.4, 0.5) is 0 Å². The lowest BCUT2D eigenvalue weighted by Crippen LogP contribution is -2.46. The van der Waals surface area contributed by atoms with Crippen LogP contribution in [0.1, 0.15) is 65.7 Å². The van der Waals surface area contributed by atoms with E-state index in [0.717, 1.165) is 45.1 Å². The quantitative estimate of drug-likeness (QED) is 0.500. The van der Waals surface area contributed by atoms with E-state index in [4.69, 9.17) is 10.6 Å². The zero-order valence-electron chi connectivity index (χ0n) is 14.9. The summed E-state index contributed by atoms with van der Waals surface area (Å²) in [7, 11) is 0. The second-order valence-corrected chi connectivity index (χ2v) is 7.44. The molecular weight excluding hydrogens is 294 g/mol. The van der Waals surface area contributed by atoms with Gasteiger partial charge in [0.05, 0.1) is 5.41 Å². The number of amides is 1. The normalized spacial score (nSPS) is 19.0. The number of rotatable bonds is 9. The van der Waals surface area contributed by atoms with E-state index >= 15 is 0 Å². The Labute approximate surface area is 140 Å². The number of nitrogens with two attached hydrogens (primary N) is 1. The second kappa shape index (κ2) is 9.88. The third kappa shape index (κ3) is 8.32. The molecule has 0 aromatic rings. The van der Waals surface area contributed by atoms with Gasteiger partial charge in [-0.25, -0.2) is 4.79 Å². The Hall–Kier alpha value is -1.14. The molecular formula is C17H33N3O3. The number of unbranched alkanes of at least 4 members (excludes halogenated alkanes) is 4. The standard InChI is InChI=1S/C17H33N3O3/c1-17(2,3)16(22)23-19-11-7-5-4-6-8-12-20-13-14(18)9-10-15(20)21/h14,19H,4-13,18H2,1-3H3. The molecule has 1 atom stereocenters. The summed E-state index contributed by atoms with van der Waals surface area (Å²) in [6.45, 7) is 7.71. The summed E-state index contributed by atoms with van der Waals surface area (Å²) in [6, 6.07) is 0.148. The van der Waals surface area contributed by atoms with Crippen molar-refractivity contribution in [3.05, 3.63) is 0 Å². The lowest BCUT2D eigenvalue weighted by molar-refractivity contribution is -0.160. The first-order chi connectivity index (χ1) is 10.8. The lowest BCUT2D eigenvalue weighted by Gasteiger charge is -2.30. The Kier molecular flexibility index (Phi) is 8.55. The van der Waals surface area contributed by atoms with Crippen molar-refractivity contribution in [1.29, 1.82) is 0 Å². The van der Waals surface area contributed by atoms with Gasteiger partial charge in [-0.3, -0.25) is 4.79 Å². The third-order valence-electron chi connectivity index (χ3n) is 4.02. The van der Waals surface area contributed by atoms with Crippen molar-refractivity contribution in [2.24, 2.45) is 11.1 Å². The third-order valence-corrected chi connectivity index (χ3v) is 4.02. The summed E-state index contributed by atoms with van der Waals surface area (Å²) in [6.07, 6.45) is 6.76. The van der Waals surface area contributed by atoms with Crippen molar-refractivity contribution >= 4 is 11.9 Å². The number of nitrogens with one attached hydrogen (secondary N) is 1. The molecule has 0 bridgehead atoms. The monoisotopic (exact) mass is 327 g/mol. The molecule has 1 fully saturated rings. The molecule has 1 rings (SSSR count).